The van der Waals surface area contributed by atoms with Gasteiger partial charge in [0.2, 0.25) is 5.91 Å². The fourth-order valence-electron chi connectivity index (χ4n) is 3.06. The van der Waals surface area contributed by atoms with Crippen LogP contribution in [-0.2, 0) is 11.0 Å². The quantitative estimate of drug-likeness (QED) is 0.461. The van der Waals surface area contributed by atoms with E-state index in [1.165, 1.54) is 12.1 Å². The number of carbonyl (C=O) groups excluding carboxylic acids is 1. The lowest BCUT2D eigenvalue weighted by atomic mass is 10.2. The third kappa shape index (κ3) is 4.21. The maximum absolute atomic E-state index is 12.9. The maximum Gasteiger partial charge on any atom is 0.416 e. The first-order valence-corrected chi connectivity index (χ1v) is 10.3. The lowest BCUT2D eigenvalue weighted by Crippen LogP contribution is -2.26. The number of hydrogen-bond acceptors (Lipinski definition) is 4. The highest BCUT2D eigenvalue weighted by Gasteiger charge is 2.31. The second-order valence-electron chi connectivity index (χ2n) is 7.14. The topological polar surface area (TPSA) is 64.0 Å². The number of nitrogens with one attached hydrogen (secondary N) is 1. The van der Waals surface area contributed by atoms with E-state index in [1.54, 1.807) is 35.8 Å². The van der Waals surface area contributed by atoms with Gasteiger partial charge in [0.1, 0.15) is 0 Å². The molecule has 1 aromatic heterocycles. The SMILES string of the molecule is CC(Sc1nc2ccccc2c(=O)n1C1CC1)C(=O)Nc1ccc(C(F)(F)F)cc1. The smallest absolute Gasteiger partial charge is 0.325 e. The van der Waals surface area contributed by atoms with Crippen molar-refractivity contribution in [2.24, 2.45) is 0 Å². The van der Waals surface area contributed by atoms with Crippen molar-refractivity contribution >= 4 is 34.3 Å². The van der Waals surface area contributed by atoms with Crippen LogP contribution in [0.5, 0.6) is 0 Å². The highest BCUT2D eigenvalue weighted by atomic mass is 32.2. The molecule has 0 saturated heterocycles. The second kappa shape index (κ2) is 7.79. The van der Waals surface area contributed by atoms with Crippen molar-refractivity contribution in [2.75, 3.05) is 5.32 Å². The number of aromatic nitrogens is 2. The Morgan fingerprint density at radius 1 is 1.17 bits per heavy atom. The normalized spacial score (nSPS) is 15.2. The molecule has 4 rings (SSSR count). The number of amides is 1. The fraction of sp³-hybridized carbons (Fsp3) is 0.286. The average molecular weight is 433 g/mol. The minimum Gasteiger partial charge on any atom is -0.325 e. The lowest BCUT2D eigenvalue weighted by molar-refractivity contribution is -0.137. The van der Waals surface area contributed by atoms with E-state index in [1.807, 2.05) is 0 Å². The van der Waals surface area contributed by atoms with Crippen LogP contribution >= 0.6 is 11.8 Å². The van der Waals surface area contributed by atoms with Crippen LogP contribution in [0.25, 0.3) is 10.9 Å². The molecule has 1 aliphatic rings. The number of rotatable bonds is 5. The number of anilines is 1. The Morgan fingerprint density at radius 2 is 1.83 bits per heavy atom. The molecule has 0 aliphatic heterocycles. The minimum absolute atomic E-state index is 0.0854. The molecule has 1 saturated carbocycles. The predicted molar refractivity (Wildman–Crippen MR) is 110 cm³/mol. The van der Waals surface area contributed by atoms with E-state index in [0.29, 0.717) is 16.1 Å². The first kappa shape index (κ1) is 20.5. The Balaban J connectivity index is 1.54. The summed E-state index contributed by atoms with van der Waals surface area (Å²) in [5.74, 6) is -0.385. The Bertz CT molecular complexity index is 1150. The van der Waals surface area contributed by atoms with Gasteiger partial charge in [-0.25, -0.2) is 4.98 Å². The maximum atomic E-state index is 12.9. The summed E-state index contributed by atoms with van der Waals surface area (Å²) in [6, 6.07) is 11.4. The molecule has 156 valence electrons. The molecular formula is C21H18F3N3O2S. The molecule has 1 unspecified atom stereocenters. The van der Waals surface area contributed by atoms with Gasteiger partial charge in [-0.3, -0.25) is 14.2 Å². The first-order valence-electron chi connectivity index (χ1n) is 9.40. The Kier molecular flexibility index (Phi) is 5.31. The van der Waals surface area contributed by atoms with E-state index >= 15 is 0 Å². The van der Waals surface area contributed by atoms with Gasteiger partial charge in [-0.2, -0.15) is 13.2 Å². The number of halogens is 3. The van der Waals surface area contributed by atoms with Gasteiger partial charge in [-0.05, 0) is 56.2 Å². The fourth-order valence-corrected chi connectivity index (χ4v) is 4.04. The van der Waals surface area contributed by atoms with E-state index < -0.39 is 17.0 Å². The highest BCUT2D eigenvalue weighted by Crippen LogP contribution is 2.37. The molecule has 1 aliphatic carbocycles. The third-order valence-corrected chi connectivity index (χ3v) is 5.89. The zero-order valence-electron chi connectivity index (χ0n) is 15.9. The Hall–Kier alpha value is -2.81. The predicted octanol–water partition coefficient (Wildman–Crippen LogP) is 4.87. The van der Waals surface area contributed by atoms with Gasteiger partial charge in [0.15, 0.2) is 5.16 Å². The zero-order chi connectivity index (χ0) is 21.5. The number of fused-ring (bicyclic) bond motifs is 1. The van der Waals surface area contributed by atoms with Gasteiger partial charge >= 0.3 is 6.18 Å². The number of thioether (sulfide) groups is 1. The van der Waals surface area contributed by atoms with Crippen molar-refractivity contribution < 1.29 is 18.0 Å². The summed E-state index contributed by atoms with van der Waals surface area (Å²) < 4.78 is 39.7. The van der Waals surface area contributed by atoms with Gasteiger partial charge in [-0.1, -0.05) is 23.9 Å². The number of para-hydroxylation sites is 1. The van der Waals surface area contributed by atoms with Crippen LogP contribution in [0.15, 0.2) is 58.5 Å². The summed E-state index contributed by atoms with van der Waals surface area (Å²) in [4.78, 5) is 30.1. The van der Waals surface area contributed by atoms with E-state index in [9.17, 15) is 22.8 Å². The molecule has 3 aromatic rings. The largest absolute Gasteiger partial charge is 0.416 e. The summed E-state index contributed by atoms with van der Waals surface area (Å²) >= 11 is 1.16. The molecular weight excluding hydrogens is 415 g/mol. The van der Waals surface area contributed by atoms with Crippen molar-refractivity contribution in [3.8, 4) is 0 Å². The monoisotopic (exact) mass is 433 g/mol. The van der Waals surface area contributed by atoms with Crippen LogP contribution in [0.1, 0.15) is 31.4 Å². The molecule has 0 bridgehead atoms. The van der Waals surface area contributed by atoms with E-state index in [0.717, 1.165) is 36.7 Å². The lowest BCUT2D eigenvalue weighted by Gasteiger charge is -2.16. The van der Waals surface area contributed by atoms with Crippen LogP contribution in [0.3, 0.4) is 0 Å². The minimum atomic E-state index is -4.43. The van der Waals surface area contributed by atoms with Crippen LogP contribution < -0.4 is 10.9 Å². The van der Waals surface area contributed by atoms with Crippen LogP contribution in [0.2, 0.25) is 0 Å². The second-order valence-corrected chi connectivity index (χ2v) is 8.45. The molecule has 1 fully saturated rings. The Morgan fingerprint density at radius 3 is 2.47 bits per heavy atom. The number of benzene rings is 2. The molecule has 2 aromatic carbocycles. The van der Waals surface area contributed by atoms with E-state index in [-0.39, 0.29) is 23.2 Å². The van der Waals surface area contributed by atoms with Crippen LogP contribution in [0.4, 0.5) is 18.9 Å². The van der Waals surface area contributed by atoms with Gasteiger partial charge in [0.25, 0.3) is 5.56 Å². The van der Waals surface area contributed by atoms with Crippen molar-refractivity contribution in [3.05, 3.63) is 64.4 Å². The summed E-state index contributed by atoms with van der Waals surface area (Å²) in [5, 5.41) is 3.01. The van der Waals surface area contributed by atoms with Gasteiger partial charge in [0, 0.05) is 11.7 Å². The summed E-state index contributed by atoms with van der Waals surface area (Å²) in [6.45, 7) is 1.67. The van der Waals surface area contributed by atoms with E-state index in [4.69, 9.17) is 0 Å². The van der Waals surface area contributed by atoms with Crippen LogP contribution in [0, 0.1) is 0 Å². The summed E-state index contributed by atoms with van der Waals surface area (Å²) in [5.41, 5.74) is -0.0681. The van der Waals surface area contributed by atoms with Gasteiger partial charge < -0.3 is 5.32 Å². The molecule has 1 heterocycles. The molecule has 5 nitrogen and oxygen atoms in total. The summed E-state index contributed by atoms with van der Waals surface area (Å²) in [7, 11) is 0. The van der Waals surface area contributed by atoms with Crippen molar-refractivity contribution in [2.45, 2.75) is 42.4 Å². The van der Waals surface area contributed by atoms with Crippen molar-refractivity contribution in [1.82, 2.24) is 9.55 Å². The third-order valence-electron chi connectivity index (χ3n) is 4.82. The first-order chi connectivity index (χ1) is 14.2. The van der Waals surface area contributed by atoms with Crippen LogP contribution in [-0.4, -0.2) is 20.7 Å². The highest BCUT2D eigenvalue weighted by molar-refractivity contribution is 8.00. The van der Waals surface area contributed by atoms with E-state index in [2.05, 4.69) is 10.3 Å². The van der Waals surface area contributed by atoms with Gasteiger partial charge in [0.05, 0.1) is 21.7 Å². The molecule has 9 heteroatoms. The number of alkyl halides is 3. The zero-order valence-corrected chi connectivity index (χ0v) is 16.8. The van der Waals surface area contributed by atoms with Crippen molar-refractivity contribution in [1.29, 1.82) is 0 Å². The molecule has 1 amide bonds. The number of carbonyl (C=O) groups is 1. The molecule has 1 atom stereocenters. The molecule has 0 radical (unpaired) electrons. The van der Waals surface area contributed by atoms with Gasteiger partial charge in [-0.15, -0.1) is 0 Å². The van der Waals surface area contributed by atoms with Crippen molar-refractivity contribution in [3.63, 3.8) is 0 Å². The Labute approximate surface area is 174 Å². The molecule has 1 N–H and O–H groups in total. The molecule has 0 spiro atoms. The average Bonchev–Trinajstić information content (AvgIpc) is 3.53. The number of nitrogens with zero attached hydrogens (tertiary/aromatic N) is 2. The standard InChI is InChI=1S/C21H18F3N3O2S/c1-12(18(28)25-14-8-6-13(7-9-14)21(22,23)24)30-20-26-17-5-3-2-4-16(17)19(29)27(20)15-10-11-15/h2-9,12,15H,10-11H2,1H3,(H,25,28). The molecule has 30 heavy (non-hydrogen) atoms. The number of hydrogen-bond donors (Lipinski definition) is 1. The summed E-state index contributed by atoms with van der Waals surface area (Å²) in [6.07, 6.45) is -2.65.